The van der Waals surface area contributed by atoms with Crippen LogP contribution in [0.4, 0.5) is 8.78 Å². The van der Waals surface area contributed by atoms with Crippen LogP contribution in [-0.2, 0) is 4.74 Å². The summed E-state index contributed by atoms with van der Waals surface area (Å²) in [6.07, 6.45) is 5.50. The zero-order chi connectivity index (χ0) is 15.4. The van der Waals surface area contributed by atoms with Gasteiger partial charge in [0.1, 0.15) is 17.7 Å². The normalized spacial score (nSPS) is 23.0. The molecule has 21 heavy (non-hydrogen) atoms. The van der Waals surface area contributed by atoms with Crippen LogP contribution in [0.15, 0.2) is 30.4 Å². The number of halogens is 2. The Bertz CT molecular complexity index is 540. The Morgan fingerprint density at radius 1 is 1.33 bits per heavy atom. The molecule has 114 valence electrons. The van der Waals surface area contributed by atoms with Gasteiger partial charge in [-0.25, -0.2) is 8.78 Å². The van der Waals surface area contributed by atoms with Crippen molar-refractivity contribution >= 4 is 5.78 Å². The van der Waals surface area contributed by atoms with Gasteiger partial charge in [0.25, 0.3) is 0 Å². The van der Waals surface area contributed by atoms with Gasteiger partial charge in [-0.2, -0.15) is 0 Å². The van der Waals surface area contributed by atoms with Crippen LogP contribution in [0.25, 0.3) is 0 Å². The molecule has 1 aliphatic rings. The predicted molar refractivity (Wildman–Crippen MR) is 77.1 cm³/mol. The molecule has 0 aliphatic heterocycles. The van der Waals surface area contributed by atoms with Crippen molar-refractivity contribution in [2.24, 2.45) is 11.8 Å². The molecule has 0 fully saturated rings. The summed E-state index contributed by atoms with van der Waals surface area (Å²) < 4.78 is 32.1. The zero-order valence-corrected chi connectivity index (χ0v) is 12.3. The van der Waals surface area contributed by atoms with Gasteiger partial charge in [0.2, 0.25) is 0 Å². The molecule has 0 saturated heterocycles. The van der Waals surface area contributed by atoms with Gasteiger partial charge in [-0.15, -0.1) is 0 Å². The molecule has 0 spiro atoms. The van der Waals surface area contributed by atoms with E-state index >= 15 is 0 Å². The highest BCUT2D eigenvalue weighted by Gasteiger charge is 2.23. The summed E-state index contributed by atoms with van der Waals surface area (Å²) in [4.78, 5) is 12.1. The summed E-state index contributed by atoms with van der Waals surface area (Å²) in [5.74, 6) is -1.10. The summed E-state index contributed by atoms with van der Waals surface area (Å²) in [6, 6.07) is 2.96. The molecule has 0 amide bonds. The Morgan fingerprint density at radius 3 is 2.71 bits per heavy atom. The minimum atomic E-state index is -0.843. The molecule has 0 aromatic heterocycles. The number of hydrogen-bond donors (Lipinski definition) is 0. The van der Waals surface area contributed by atoms with Gasteiger partial charge in [0.15, 0.2) is 5.78 Å². The van der Waals surface area contributed by atoms with Crippen molar-refractivity contribution in [3.8, 4) is 0 Å². The van der Waals surface area contributed by atoms with Crippen LogP contribution >= 0.6 is 0 Å². The Hall–Kier alpha value is -1.55. The lowest BCUT2D eigenvalue weighted by atomic mass is 9.85. The maximum absolute atomic E-state index is 13.6. The van der Waals surface area contributed by atoms with Gasteiger partial charge in [-0.1, -0.05) is 19.1 Å². The first-order valence-electron chi connectivity index (χ1n) is 7.25. The number of rotatable bonds is 5. The van der Waals surface area contributed by atoms with Crippen molar-refractivity contribution in [3.63, 3.8) is 0 Å². The van der Waals surface area contributed by atoms with Crippen LogP contribution in [0.2, 0.25) is 0 Å². The van der Waals surface area contributed by atoms with E-state index in [2.05, 4.69) is 19.1 Å². The topological polar surface area (TPSA) is 26.3 Å². The van der Waals surface area contributed by atoms with Crippen LogP contribution < -0.4 is 0 Å². The second kappa shape index (κ2) is 6.94. The minimum absolute atomic E-state index is 0.125. The fourth-order valence-corrected chi connectivity index (χ4v) is 2.49. The number of carbonyl (C=O) groups excluding carboxylic acids is 1. The fraction of sp³-hybridized carbons (Fsp3) is 0.471. The van der Waals surface area contributed by atoms with Gasteiger partial charge in [-0.3, -0.25) is 4.79 Å². The number of carbonyl (C=O) groups is 1. The molecule has 1 aromatic rings. The summed E-state index contributed by atoms with van der Waals surface area (Å²) >= 11 is 0. The molecule has 2 nitrogen and oxygen atoms in total. The van der Waals surface area contributed by atoms with E-state index in [9.17, 15) is 13.6 Å². The summed E-state index contributed by atoms with van der Waals surface area (Å²) in [6.45, 7) is 4.24. The van der Waals surface area contributed by atoms with E-state index in [0.717, 1.165) is 18.9 Å². The third-order valence-electron chi connectivity index (χ3n) is 4.04. The van der Waals surface area contributed by atoms with E-state index in [4.69, 9.17) is 4.74 Å². The van der Waals surface area contributed by atoms with Crippen molar-refractivity contribution in [1.82, 2.24) is 0 Å². The van der Waals surface area contributed by atoms with E-state index in [1.165, 1.54) is 6.07 Å². The Labute approximate surface area is 123 Å². The molecule has 1 aromatic carbocycles. The number of ketones is 1. The molecule has 4 heteroatoms. The number of Topliss-reactive ketones (excluding diaryl/α,β-unsaturated/α-hetero) is 1. The Morgan fingerprint density at radius 2 is 2.05 bits per heavy atom. The number of ether oxygens (including phenoxy) is 1. The first-order valence-corrected chi connectivity index (χ1v) is 7.25. The largest absolute Gasteiger partial charge is 0.370 e. The maximum atomic E-state index is 13.6. The van der Waals surface area contributed by atoms with Crippen LogP contribution in [0, 0.1) is 23.5 Å². The summed E-state index contributed by atoms with van der Waals surface area (Å²) in [7, 11) is 0. The minimum Gasteiger partial charge on any atom is -0.370 e. The highest BCUT2D eigenvalue weighted by atomic mass is 19.1. The predicted octanol–water partition coefficient (Wildman–Crippen LogP) is 4.15. The molecular weight excluding hydrogens is 274 g/mol. The van der Waals surface area contributed by atoms with Gasteiger partial charge < -0.3 is 4.74 Å². The van der Waals surface area contributed by atoms with Crippen LogP contribution in [0.5, 0.6) is 0 Å². The molecule has 3 atom stereocenters. The Kier molecular flexibility index (Phi) is 5.23. The maximum Gasteiger partial charge on any atom is 0.194 e. The molecule has 0 N–H and O–H groups in total. The van der Waals surface area contributed by atoms with Gasteiger partial charge in [0.05, 0.1) is 12.2 Å². The molecule has 2 rings (SSSR count). The van der Waals surface area contributed by atoms with E-state index < -0.39 is 23.5 Å². The van der Waals surface area contributed by atoms with E-state index in [-0.39, 0.29) is 5.56 Å². The van der Waals surface area contributed by atoms with Crippen molar-refractivity contribution in [1.29, 1.82) is 0 Å². The lowest BCUT2D eigenvalue weighted by Gasteiger charge is -2.26. The van der Waals surface area contributed by atoms with Gasteiger partial charge in [0, 0.05) is 6.07 Å². The molecule has 3 unspecified atom stereocenters. The second-order valence-corrected chi connectivity index (χ2v) is 5.64. The number of hydrogen-bond acceptors (Lipinski definition) is 2. The third-order valence-corrected chi connectivity index (χ3v) is 4.04. The van der Waals surface area contributed by atoms with Gasteiger partial charge in [-0.05, 0) is 43.7 Å². The van der Waals surface area contributed by atoms with Crippen LogP contribution in [0.1, 0.15) is 37.0 Å². The first kappa shape index (κ1) is 15.8. The fourth-order valence-electron chi connectivity index (χ4n) is 2.49. The zero-order valence-electron chi connectivity index (χ0n) is 12.3. The average molecular weight is 294 g/mol. The molecule has 0 radical (unpaired) electrons. The van der Waals surface area contributed by atoms with E-state index in [0.29, 0.717) is 24.5 Å². The molecule has 0 heterocycles. The van der Waals surface area contributed by atoms with E-state index in [1.807, 2.05) is 0 Å². The quantitative estimate of drug-likeness (QED) is 0.602. The smallest absolute Gasteiger partial charge is 0.194 e. The molecule has 0 bridgehead atoms. The Balaban J connectivity index is 1.95. The monoisotopic (exact) mass is 294 g/mol. The van der Waals surface area contributed by atoms with Crippen LogP contribution in [0.3, 0.4) is 0 Å². The molecule has 1 aliphatic carbocycles. The summed E-state index contributed by atoms with van der Waals surface area (Å²) in [5.41, 5.74) is -0.125. The lowest BCUT2D eigenvalue weighted by Crippen LogP contribution is -2.27. The molecule has 0 saturated carbocycles. The standard InChI is InChI=1S/C17H20F2O2/c1-11-5-3-4-6-13(11)10-21-12(2)17(20)15-8-7-14(18)9-16(15)19/h3-4,7-9,11-13H,5-6,10H2,1-2H3. The van der Waals surface area contributed by atoms with E-state index in [1.54, 1.807) is 6.92 Å². The number of benzene rings is 1. The third kappa shape index (κ3) is 3.97. The van der Waals surface area contributed by atoms with Crippen molar-refractivity contribution in [2.75, 3.05) is 6.61 Å². The second-order valence-electron chi connectivity index (χ2n) is 5.64. The molecular formula is C17H20F2O2. The van der Waals surface area contributed by atoms with Crippen molar-refractivity contribution in [3.05, 3.63) is 47.5 Å². The first-order chi connectivity index (χ1) is 9.99. The van der Waals surface area contributed by atoms with Crippen molar-refractivity contribution < 1.29 is 18.3 Å². The van der Waals surface area contributed by atoms with Crippen LogP contribution in [-0.4, -0.2) is 18.5 Å². The van der Waals surface area contributed by atoms with Gasteiger partial charge >= 0.3 is 0 Å². The number of allylic oxidation sites excluding steroid dienone is 2. The SMILES string of the molecule is CC(OCC1CC=CCC1C)C(=O)c1ccc(F)cc1F. The lowest BCUT2D eigenvalue weighted by molar-refractivity contribution is 0.0253. The highest BCUT2D eigenvalue weighted by molar-refractivity contribution is 5.99. The highest BCUT2D eigenvalue weighted by Crippen LogP contribution is 2.25. The van der Waals surface area contributed by atoms with Crippen molar-refractivity contribution in [2.45, 2.75) is 32.8 Å². The summed E-state index contributed by atoms with van der Waals surface area (Å²) in [5, 5.41) is 0. The average Bonchev–Trinajstić information content (AvgIpc) is 2.45.